The van der Waals surface area contributed by atoms with Crippen molar-refractivity contribution in [1.29, 1.82) is 0 Å². The Labute approximate surface area is 124 Å². The molecular weight excluding hydrogens is 244 g/mol. The Kier molecular flexibility index (Phi) is 5.47. The molecule has 20 heavy (non-hydrogen) atoms. The summed E-state index contributed by atoms with van der Waals surface area (Å²) in [5, 5.41) is 0. The van der Waals surface area contributed by atoms with Crippen LogP contribution in [0.5, 0.6) is 0 Å². The molecule has 1 saturated carbocycles. The van der Waals surface area contributed by atoms with Crippen molar-refractivity contribution in [3.63, 3.8) is 0 Å². The summed E-state index contributed by atoms with van der Waals surface area (Å²) in [6.45, 7) is 5.48. The van der Waals surface area contributed by atoms with E-state index < -0.39 is 0 Å². The second kappa shape index (κ2) is 7.12. The largest absolute Gasteiger partial charge is 0.374 e. The molecule has 0 amide bonds. The smallest absolute Gasteiger partial charge is 0.0366 e. The first-order valence-electron chi connectivity index (χ1n) is 8.12. The summed E-state index contributed by atoms with van der Waals surface area (Å²) in [6.07, 6.45) is 8.07. The second-order valence-corrected chi connectivity index (χ2v) is 6.68. The SMILES string of the molecule is Cc1cc(N(C)CC2CCCCC2)ccc1CC(C)N. The molecule has 1 aromatic carbocycles. The zero-order valence-corrected chi connectivity index (χ0v) is 13.4. The van der Waals surface area contributed by atoms with E-state index in [0.717, 1.165) is 12.3 Å². The number of anilines is 1. The molecule has 112 valence electrons. The quantitative estimate of drug-likeness (QED) is 0.882. The van der Waals surface area contributed by atoms with Crippen LogP contribution in [0.4, 0.5) is 5.69 Å². The lowest BCUT2D eigenvalue weighted by Crippen LogP contribution is -2.27. The van der Waals surface area contributed by atoms with Crippen molar-refractivity contribution in [2.24, 2.45) is 11.7 Å². The van der Waals surface area contributed by atoms with E-state index in [2.05, 4.69) is 44.0 Å². The Morgan fingerprint density at radius 3 is 2.55 bits per heavy atom. The van der Waals surface area contributed by atoms with Gasteiger partial charge < -0.3 is 10.6 Å². The number of hydrogen-bond acceptors (Lipinski definition) is 2. The van der Waals surface area contributed by atoms with Crippen LogP contribution < -0.4 is 10.6 Å². The first kappa shape index (κ1) is 15.4. The van der Waals surface area contributed by atoms with Gasteiger partial charge in [-0.15, -0.1) is 0 Å². The highest BCUT2D eigenvalue weighted by Gasteiger charge is 2.16. The van der Waals surface area contributed by atoms with Crippen LogP contribution in [0.15, 0.2) is 18.2 Å². The van der Waals surface area contributed by atoms with Gasteiger partial charge in [0, 0.05) is 25.3 Å². The lowest BCUT2D eigenvalue weighted by molar-refractivity contribution is 0.362. The first-order valence-corrected chi connectivity index (χ1v) is 8.12. The topological polar surface area (TPSA) is 29.3 Å². The Bertz CT molecular complexity index is 419. The zero-order valence-electron chi connectivity index (χ0n) is 13.4. The molecule has 0 spiro atoms. The van der Waals surface area contributed by atoms with Gasteiger partial charge in [0.2, 0.25) is 0 Å². The van der Waals surface area contributed by atoms with Crippen LogP contribution in [0.1, 0.15) is 50.2 Å². The van der Waals surface area contributed by atoms with E-state index in [1.165, 1.54) is 55.5 Å². The molecule has 0 saturated heterocycles. The van der Waals surface area contributed by atoms with Gasteiger partial charge in [0.05, 0.1) is 0 Å². The van der Waals surface area contributed by atoms with Crippen molar-refractivity contribution in [2.75, 3.05) is 18.5 Å². The third-order valence-electron chi connectivity index (χ3n) is 4.57. The van der Waals surface area contributed by atoms with Crippen LogP contribution in [-0.2, 0) is 6.42 Å². The molecule has 2 nitrogen and oxygen atoms in total. The van der Waals surface area contributed by atoms with Gasteiger partial charge in [0.1, 0.15) is 0 Å². The van der Waals surface area contributed by atoms with E-state index in [-0.39, 0.29) is 6.04 Å². The molecular formula is C18H30N2. The maximum Gasteiger partial charge on any atom is 0.0366 e. The van der Waals surface area contributed by atoms with Gasteiger partial charge >= 0.3 is 0 Å². The van der Waals surface area contributed by atoms with Crippen molar-refractivity contribution >= 4 is 5.69 Å². The standard InChI is InChI=1S/C18H30N2/c1-14-11-18(10-9-17(14)12-15(2)19)20(3)13-16-7-5-4-6-8-16/h9-11,15-16H,4-8,12-13,19H2,1-3H3. The van der Waals surface area contributed by atoms with Crippen molar-refractivity contribution < 1.29 is 0 Å². The predicted octanol–water partition coefficient (Wildman–Crippen LogP) is 3.90. The zero-order chi connectivity index (χ0) is 14.5. The molecule has 2 N–H and O–H groups in total. The fourth-order valence-electron chi connectivity index (χ4n) is 3.36. The van der Waals surface area contributed by atoms with E-state index in [1.54, 1.807) is 0 Å². The van der Waals surface area contributed by atoms with Crippen molar-refractivity contribution in [1.82, 2.24) is 0 Å². The lowest BCUT2D eigenvalue weighted by atomic mass is 9.89. The van der Waals surface area contributed by atoms with Crippen LogP contribution in [0.25, 0.3) is 0 Å². The number of nitrogens with two attached hydrogens (primary N) is 1. The molecule has 1 aliphatic carbocycles. The highest BCUT2D eigenvalue weighted by molar-refractivity contribution is 5.50. The molecule has 2 rings (SSSR count). The van der Waals surface area contributed by atoms with Crippen LogP contribution in [-0.4, -0.2) is 19.6 Å². The molecule has 0 bridgehead atoms. The predicted molar refractivity (Wildman–Crippen MR) is 88.4 cm³/mol. The fourth-order valence-corrected chi connectivity index (χ4v) is 3.36. The summed E-state index contributed by atoms with van der Waals surface area (Å²) in [4.78, 5) is 2.43. The number of nitrogens with zero attached hydrogens (tertiary/aromatic N) is 1. The van der Waals surface area contributed by atoms with E-state index in [4.69, 9.17) is 5.73 Å². The fraction of sp³-hybridized carbons (Fsp3) is 0.667. The summed E-state index contributed by atoms with van der Waals surface area (Å²) in [7, 11) is 2.23. The molecule has 2 heteroatoms. The third kappa shape index (κ3) is 4.24. The second-order valence-electron chi connectivity index (χ2n) is 6.68. The van der Waals surface area contributed by atoms with E-state index in [1.807, 2.05) is 0 Å². The molecule has 1 aromatic rings. The lowest BCUT2D eigenvalue weighted by Gasteiger charge is -2.29. The van der Waals surface area contributed by atoms with Crippen LogP contribution in [0, 0.1) is 12.8 Å². The Morgan fingerprint density at radius 2 is 1.95 bits per heavy atom. The Hall–Kier alpha value is -1.02. The normalized spacial score (nSPS) is 18.0. The highest BCUT2D eigenvalue weighted by atomic mass is 15.1. The molecule has 0 aliphatic heterocycles. The van der Waals surface area contributed by atoms with Crippen molar-refractivity contribution in [3.8, 4) is 0 Å². The number of aryl methyl sites for hydroxylation is 1. The van der Waals surface area contributed by atoms with E-state index >= 15 is 0 Å². The van der Waals surface area contributed by atoms with Gasteiger partial charge in [-0.05, 0) is 62.3 Å². The van der Waals surface area contributed by atoms with E-state index in [9.17, 15) is 0 Å². The third-order valence-corrected chi connectivity index (χ3v) is 4.57. The molecule has 1 fully saturated rings. The summed E-state index contributed by atoms with van der Waals surface area (Å²) in [5.74, 6) is 0.887. The van der Waals surface area contributed by atoms with Crippen LogP contribution in [0.2, 0.25) is 0 Å². The number of benzene rings is 1. The van der Waals surface area contributed by atoms with Gasteiger partial charge in [-0.3, -0.25) is 0 Å². The van der Waals surface area contributed by atoms with Gasteiger partial charge in [-0.1, -0.05) is 25.3 Å². The molecule has 0 aromatic heterocycles. The van der Waals surface area contributed by atoms with Gasteiger partial charge in [-0.25, -0.2) is 0 Å². The first-order chi connectivity index (χ1) is 9.56. The molecule has 1 atom stereocenters. The van der Waals surface area contributed by atoms with Crippen LogP contribution in [0.3, 0.4) is 0 Å². The minimum atomic E-state index is 0.236. The van der Waals surface area contributed by atoms with Gasteiger partial charge in [0.15, 0.2) is 0 Å². The van der Waals surface area contributed by atoms with E-state index in [0.29, 0.717) is 0 Å². The monoisotopic (exact) mass is 274 g/mol. The van der Waals surface area contributed by atoms with Gasteiger partial charge in [0.25, 0.3) is 0 Å². The average molecular weight is 274 g/mol. The summed E-state index contributed by atoms with van der Waals surface area (Å²) in [5.41, 5.74) is 10.0. The minimum Gasteiger partial charge on any atom is -0.374 e. The molecule has 1 aliphatic rings. The summed E-state index contributed by atoms with van der Waals surface area (Å²) >= 11 is 0. The number of hydrogen-bond donors (Lipinski definition) is 1. The van der Waals surface area contributed by atoms with Gasteiger partial charge in [-0.2, -0.15) is 0 Å². The average Bonchev–Trinajstić information content (AvgIpc) is 2.41. The number of rotatable bonds is 5. The maximum atomic E-state index is 5.90. The van der Waals surface area contributed by atoms with Crippen LogP contribution >= 0.6 is 0 Å². The Balaban J connectivity index is 1.98. The minimum absolute atomic E-state index is 0.236. The molecule has 0 heterocycles. The van der Waals surface area contributed by atoms with Crippen molar-refractivity contribution in [2.45, 2.75) is 58.4 Å². The Morgan fingerprint density at radius 1 is 1.25 bits per heavy atom. The highest BCUT2D eigenvalue weighted by Crippen LogP contribution is 2.26. The van der Waals surface area contributed by atoms with Crippen molar-refractivity contribution in [3.05, 3.63) is 29.3 Å². The molecule has 1 unspecified atom stereocenters. The molecule has 0 radical (unpaired) electrons. The maximum absolute atomic E-state index is 5.90. The summed E-state index contributed by atoms with van der Waals surface area (Å²) < 4.78 is 0. The summed E-state index contributed by atoms with van der Waals surface area (Å²) in [6, 6.07) is 7.07.